The van der Waals surface area contributed by atoms with Gasteiger partial charge in [0, 0.05) is 17.1 Å². The summed E-state index contributed by atoms with van der Waals surface area (Å²) >= 11 is 5.88. The van der Waals surface area contributed by atoms with E-state index in [-0.39, 0.29) is 18.1 Å². The fraction of sp³-hybridized carbons (Fsp3) is 0.105. The van der Waals surface area contributed by atoms with Gasteiger partial charge >= 0.3 is 12.1 Å². The number of halogens is 4. The molecule has 0 bridgehead atoms. The van der Waals surface area contributed by atoms with Gasteiger partial charge in [-0.1, -0.05) is 48.0 Å². The predicted octanol–water partition coefficient (Wildman–Crippen LogP) is 5.18. The molecule has 9 heteroatoms. The Kier molecular flexibility index (Phi) is 5.51. The third kappa shape index (κ3) is 4.58. The van der Waals surface area contributed by atoms with Gasteiger partial charge in [-0.15, -0.1) is 0 Å². The zero-order valence-corrected chi connectivity index (χ0v) is 14.9. The predicted molar refractivity (Wildman–Crippen MR) is 98.0 cm³/mol. The number of nitrogens with one attached hydrogen (secondary N) is 1. The molecule has 0 atom stereocenters. The zero-order chi connectivity index (χ0) is 20.3. The van der Waals surface area contributed by atoms with Crippen molar-refractivity contribution in [3.63, 3.8) is 0 Å². The molecular weight excluding hydrogens is 395 g/mol. The van der Waals surface area contributed by atoms with Crippen LogP contribution in [0, 0.1) is 0 Å². The summed E-state index contributed by atoms with van der Waals surface area (Å²) in [4.78, 5) is 19.0. The minimum Gasteiger partial charge on any atom is -0.478 e. The Bertz CT molecular complexity index is 1010. The van der Waals surface area contributed by atoms with Crippen molar-refractivity contribution < 1.29 is 23.1 Å². The van der Waals surface area contributed by atoms with Crippen LogP contribution in [0.5, 0.6) is 0 Å². The number of rotatable bonds is 5. The van der Waals surface area contributed by atoms with E-state index in [0.29, 0.717) is 16.3 Å². The molecule has 28 heavy (non-hydrogen) atoms. The summed E-state index contributed by atoms with van der Waals surface area (Å²) in [6.07, 6.45) is -5.06. The average Bonchev–Trinajstić information content (AvgIpc) is 2.61. The third-order valence-electron chi connectivity index (χ3n) is 3.76. The highest BCUT2D eigenvalue weighted by Crippen LogP contribution is 2.33. The van der Waals surface area contributed by atoms with Gasteiger partial charge < -0.3 is 10.4 Å². The number of hydrogen-bond donors (Lipinski definition) is 2. The first kappa shape index (κ1) is 19.6. The second-order valence-electron chi connectivity index (χ2n) is 5.82. The van der Waals surface area contributed by atoms with E-state index >= 15 is 0 Å². The summed E-state index contributed by atoms with van der Waals surface area (Å²) in [5, 5.41) is 12.4. The van der Waals surface area contributed by atoms with Crippen LogP contribution in [0.4, 0.5) is 24.8 Å². The molecule has 3 aromatic rings. The van der Waals surface area contributed by atoms with Crippen LogP contribution in [0.3, 0.4) is 0 Å². The molecule has 144 valence electrons. The second kappa shape index (κ2) is 7.85. The smallest absolute Gasteiger partial charge is 0.434 e. The van der Waals surface area contributed by atoms with Gasteiger partial charge in [-0.05, 0) is 23.8 Å². The van der Waals surface area contributed by atoms with Gasteiger partial charge in [0.1, 0.15) is 5.56 Å². The highest BCUT2D eigenvalue weighted by atomic mass is 35.5. The molecule has 0 aliphatic heterocycles. The van der Waals surface area contributed by atoms with E-state index in [2.05, 4.69) is 15.3 Å². The quantitative estimate of drug-likeness (QED) is 0.609. The molecule has 2 aromatic carbocycles. The number of hydrogen-bond acceptors (Lipinski definition) is 4. The fourth-order valence-corrected chi connectivity index (χ4v) is 2.80. The van der Waals surface area contributed by atoms with E-state index in [1.165, 1.54) is 6.07 Å². The van der Waals surface area contributed by atoms with Crippen molar-refractivity contribution >= 4 is 29.2 Å². The van der Waals surface area contributed by atoms with Crippen LogP contribution in [0.15, 0.2) is 54.6 Å². The Morgan fingerprint density at radius 3 is 2.39 bits per heavy atom. The van der Waals surface area contributed by atoms with Crippen LogP contribution in [0.25, 0.3) is 0 Å². The van der Waals surface area contributed by atoms with Gasteiger partial charge in [-0.2, -0.15) is 13.2 Å². The molecule has 5 nitrogen and oxygen atoms in total. The SMILES string of the molecule is O=C(O)c1c(Cc2ccccc2)nc(Nc2cccc(Cl)c2)nc1C(F)(F)F. The number of benzene rings is 2. The van der Waals surface area contributed by atoms with Crippen LogP contribution >= 0.6 is 11.6 Å². The lowest BCUT2D eigenvalue weighted by atomic mass is 10.0. The minimum absolute atomic E-state index is 0.0989. The van der Waals surface area contributed by atoms with Crippen molar-refractivity contribution in [1.29, 1.82) is 0 Å². The normalized spacial score (nSPS) is 11.3. The largest absolute Gasteiger partial charge is 0.478 e. The number of carboxylic acids is 1. The number of anilines is 2. The molecule has 1 heterocycles. The standard InChI is InChI=1S/C19H13ClF3N3O2/c20-12-7-4-8-13(10-12)24-18-25-14(9-11-5-2-1-3-6-11)15(17(27)28)16(26-18)19(21,22)23/h1-8,10H,9H2,(H,27,28)(H,24,25,26). The highest BCUT2D eigenvalue weighted by Gasteiger charge is 2.40. The number of aromatic nitrogens is 2. The number of aromatic carboxylic acids is 1. The topological polar surface area (TPSA) is 75.1 Å². The molecule has 0 spiro atoms. The molecule has 0 unspecified atom stereocenters. The van der Waals surface area contributed by atoms with E-state index in [1.807, 2.05) is 0 Å². The molecule has 0 aliphatic carbocycles. The average molecular weight is 408 g/mol. The number of carboxylic acid groups (broad SMARTS) is 1. The van der Waals surface area contributed by atoms with Crippen molar-refractivity contribution in [2.75, 3.05) is 5.32 Å². The van der Waals surface area contributed by atoms with Gasteiger partial charge in [0.05, 0.1) is 5.69 Å². The number of carbonyl (C=O) groups is 1. The Labute approximate surface area is 162 Å². The first-order valence-electron chi connectivity index (χ1n) is 8.02. The molecule has 3 rings (SSSR count). The Balaban J connectivity index is 2.13. The molecule has 2 N–H and O–H groups in total. The van der Waals surface area contributed by atoms with Crippen LogP contribution < -0.4 is 5.32 Å². The lowest BCUT2D eigenvalue weighted by Gasteiger charge is -2.15. The summed E-state index contributed by atoms with van der Waals surface area (Å²) < 4.78 is 40.5. The maximum absolute atomic E-state index is 13.5. The minimum atomic E-state index is -4.97. The van der Waals surface area contributed by atoms with Crippen molar-refractivity contribution in [1.82, 2.24) is 9.97 Å². The maximum Gasteiger partial charge on any atom is 0.434 e. The first-order chi connectivity index (χ1) is 13.2. The summed E-state index contributed by atoms with van der Waals surface area (Å²) in [5.41, 5.74) is -1.73. The fourth-order valence-electron chi connectivity index (χ4n) is 2.61. The summed E-state index contributed by atoms with van der Waals surface area (Å²) in [6, 6.07) is 14.8. The van der Waals surface area contributed by atoms with E-state index in [1.54, 1.807) is 48.5 Å². The third-order valence-corrected chi connectivity index (χ3v) is 4.00. The van der Waals surface area contributed by atoms with Gasteiger partial charge in [-0.25, -0.2) is 14.8 Å². The molecule has 0 fully saturated rings. The van der Waals surface area contributed by atoms with Crippen LogP contribution in [0.1, 0.15) is 27.3 Å². The Morgan fingerprint density at radius 1 is 1.07 bits per heavy atom. The summed E-state index contributed by atoms with van der Waals surface area (Å²) in [6.45, 7) is 0. The molecule has 1 aromatic heterocycles. The molecule has 0 radical (unpaired) electrons. The maximum atomic E-state index is 13.5. The van der Waals surface area contributed by atoms with Gasteiger partial charge in [0.2, 0.25) is 5.95 Å². The van der Waals surface area contributed by atoms with Crippen LogP contribution in [0.2, 0.25) is 5.02 Å². The van der Waals surface area contributed by atoms with Gasteiger partial charge in [0.15, 0.2) is 5.69 Å². The van der Waals surface area contributed by atoms with E-state index in [0.717, 1.165) is 0 Å². The summed E-state index contributed by atoms with van der Waals surface area (Å²) in [7, 11) is 0. The Hall–Kier alpha value is -3.13. The van der Waals surface area contributed by atoms with E-state index in [9.17, 15) is 23.1 Å². The van der Waals surface area contributed by atoms with Crippen molar-refractivity contribution in [3.05, 3.63) is 82.1 Å². The van der Waals surface area contributed by atoms with Crippen molar-refractivity contribution in [2.24, 2.45) is 0 Å². The molecule has 0 amide bonds. The Morgan fingerprint density at radius 2 is 1.79 bits per heavy atom. The van der Waals surface area contributed by atoms with Crippen LogP contribution in [-0.2, 0) is 12.6 Å². The number of nitrogens with zero attached hydrogens (tertiary/aromatic N) is 2. The van der Waals surface area contributed by atoms with Crippen LogP contribution in [-0.4, -0.2) is 21.0 Å². The van der Waals surface area contributed by atoms with Gasteiger partial charge in [-0.3, -0.25) is 0 Å². The first-order valence-corrected chi connectivity index (χ1v) is 8.40. The van der Waals surface area contributed by atoms with Crippen molar-refractivity contribution in [3.8, 4) is 0 Å². The van der Waals surface area contributed by atoms with E-state index in [4.69, 9.17) is 11.6 Å². The molecule has 0 saturated heterocycles. The highest BCUT2D eigenvalue weighted by molar-refractivity contribution is 6.30. The van der Waals surface area contributed by atoms with Crippen molar-refractivity contribution in [2.45, 2.75) is 12.6 Å². The molecule has 0 saturated carbocycles. The second-order valence-corrected chi connectivity index (χ2v) is 6.25. The molecule has 0 aliphatic rings. The molecular formula is C19H13ClF3N3O2. The lowest BCUT2D eigenvalue weighted by Crippen LogP contribution is -2.20. The summed E-state index contributed by atoms with van der Waals surface area (Å²) in [5.74, 6) is -2.11. The van der Waals surface area contributed by atoms with E-state index < -0.39 is 23.4 Å². The van der Waals surface area contributed by atoms with Gasteiger partial charge in [0.25, 0.3) is 0 Å². The zero-order valence-electron chi connectivity index (χ0n) is 14.2. The number of alkyl halides is 3. The monoisotopic (exact) mass is 407 g/mol. The lowest BCUT2D eigenvalue weighted by molar-refractivity contribution is -0.141.